The van der Waals surface area contributed by atoms with Crippen molar-refractivity contribution in [2.45, 2.75) is 12.8 Å². The predicted molar refractivity (Wildman–Crippen MR) is 89.7 cm³/mol. The molecular weight excluding hydrogens is 301 g/mol. The minimum atomic E-state index is -0.208. The van der Waals surface area contributed by atoms with Gasteiger partial charge in [-0.1, -0.05) is 12.1 Å². The van der Waals surface area contributed by atoms with Gasteiger partial charge in [0.15, 0.2) is 5.11 Å². The van der Waals surface area contributed by atoms with Crippen LogP contribution >= 0.6 is 12.2 Å². The van der Waals surface area contributed by atoms with Gasteiger partial charge in [-0.2, -0.15) is 0 Å². The highest BCUT2D eigenvalue weighted by Gasteiger charge is 1.99. The molecule has 1 aromatic carbocycles. The summed E-state index contributed by atoms with van der Waals surface area (Å²) in [6, 6.07) is 10.2. The highest BCUT2D eigenvalue weighted by Crippen LogP contribution is 2.10. The van der Waals surface area contributed by atoms with Crippen LogP contribution in [0.1, 0.15) is 12.0 Å². The predicted octanol–water partition coefficient (Wildman–Crippen LogP) is 3.15. The molecule has 2 aromatic rings. The van der Waals surface area contributed by atoms with Gasteiger partial charge in [-0.15, -0.1) is 0 Å². The topological polar surface area (TPSA) is 46.2 Å². The number of halogens is 1. The van der Waals surface area contributed by atoms with Crippen LogP contribution in [-0.2, 0) is 6.42 Å². The molecule has 0 bridgehead atoms. The number of thiocarbonyl (C=S) groups is 1. The molecule has 2 rings (SSSR count). The number of hydrogen-bond acceptors (Lipinski definition) is 3. The smallest absolute Gasteiger partial charge is 0.213 e. The first kappa shape index (κ1) is 16.2. The molecule has 0 fully saturated rings. The summed E-state index contributed by atoms with van der Waals surface area (Å²) in [5.41, 5.74) is 1.92. The Kier molecular flexibility index (Phi) is 6.09. The molecule has 0 saturated heterocycles. The Morgan fingerprint density at radius 2 is 2.00 bits per heavy atom. The van der Waals surface area contributed by atoms with E-state index < -0.39 is 0 Å². The molecule has 0 radical (unpaired) electrons. The van der Waals surface area contributed by atoms with Gasteiger partial charge < -0.3 is 15.4 Å². The van der Waals surface area contributed by atoms with Crippen LogP contribution in [0.5, 0.6) is 5.88 Å². The summed E-state index contributed by atoms with van der Waals surface area (Å²) < 4.78 is 17.8. The third kappa shape index (κ3) is 5.29. The van der Waals surface area contributed by atoms with Gasteiger partial charge in [0.2, 0.25) is 5.88 Å². The summed E-state index contributed by atoms with van der Waals surface area (Å²) in [5, 5.41) is 6.73. The van der Waals surface area contributed by atoms with Crippen molar-refractivity contribution < 1.29 is 9.13 Å². The Labute approximate surface area is 134 Å². The van der Waals surface area contributed by atoms with Crippen LogP contribution in [0.4, 0.5) is 10.1 Å². The average molecular weight is 319 g/mol. The van der Waals surface area contributed by atoms with Crippen LogP contribution in [0.25, 0.3) is 0 Å². The van der Waals surface area contributed by atoms with Crippen molar-refractivity contribution in [3.63, 3.8) is 0 Å². The van der Waals surface area contributed by atoms with E-state index in [1.165, 1.54) is 12.1 Å². The summed E-state index contributed by atoms with van der Waals surface area (Å²) in [4.78, 5) is 4.09. The monoisotopic (exact) mass is 319 g/mol. The van der Waals surface area contributed by atoms with E-state index in [0.29, 0.717) is 11.0 Å². The first-order valence-electron chi connectivity index (χ1n) is 6.97. The Balaban J connectivity index is 1.67. The SMILES string of the molecule is COc1ccc(NC(=S)NCCCc2ccc(F)cc2)cn1. The van der Waals surface area contributed by atoms with Crippen LogP contribution in [0, 0.1) is 5.82 Å². The molecule has 0 aliphatic heterocycles. The minimum Gasteiger partial charge on any atom is -0.481 e. The number of benzene rings is 1. The Morgan fingerprint density at radius 1 is 1.23 bits per heavy atom. The van der Waals surface area contributed by atoms with Gasteiger partial charge in [0.25, 0.3) is 0 Å². The Morgan fingerprint density at radius 3 is 2.64 bits per heavy atom. The van der Waals surface area contributed by atoms with E-state index in [0.717, 1.165) is 30.6 Å². The molecule has 6 heteroatoms. The average Bonchev–Trinajstić information content (AvgIpc) is 2.54. The molecule has 1 aromatic heterocycles. The lowest BCUT2D eigenvalue weighted by Crippen LogP contribution is -2.29. The van der Waals surface area contributed by atoms with Gasteiger partial charge in [-0.05, 0) is 48.8 Å². The zero-order valence-corrected chi connectivity index (χ0v) is 13.1. The molecule has 0 atom stereocenters. The maximum atomic E-state index is 12.8. The van der Waals surface area contributed by atoms with Crippen molar-refractivity contribution in [3.8, 4) is 5.88 Å². The highest BCUT2D eigenvalue weighted by atomic mass is 32.1. The normalized spacial score (nSPS) is 10.1. The zero-order valence-electron chi connectivity index (χ0n) is 12.3. The molecule has 0 spiro atoms. The molecule has 0 aliphatic rings. The third-order valence-electron chi connectivity index (χ3n) is 3.04. The number of methoxy groups -OCH3 is 1. The van der Waals surface area contributed by atoms with E-state index in [9.17, 15) is 4.39 Å². The standard InChI is InChI=1S/C16H18FN3OS/c1-21-15-9-8-14(11-19-15)20-16(22)18-10-2-3-12-4-6-13(17)7-5-12/h4-9,11H,2-3,10H2,1H3,(H2,18,20,22). The zero-order chi connectivity index (χ0) is 15.8. The van der Waals surface area contributed by atoms with Crippen LogP contribution in [0.2, 0.25) is 0 Å². The number of ether oxygens (including phenoxy) is 1. The quantitative estimate of drug-likeness (QED) is 0.633. The lowest BCUT2D eigenvalue weighted by atomic mass is 10.1. The van der Waals surface area contributed by atoms with Crippen molar-refractivity contribution >= 4 is 23.0 Å². The van der Waals surface area contributed by atoms with E-state index in [1.54, 1.807) is 31.5 Å². The van der Waals surface area contributed by atoms with E-state index in [-0.39, 0.29) is 5.82 Å². The number of pyridine rings is 1. The largest absolute Gasteiger partial charge is 0.481 e. The summed E-state index contributed by atoms with van der Waals surface area (Å²) in [6.45, 7) is 0.743. The van der Waals surface area contributed by atoms with Crippen molar-refractivity contribution in [1.29, 1.82) is 0 Å². The highest BCUT2D eigenvalue weighted by molar-refractivity contribution is 7.80. The molecule has 4 nitrogen and oxygen atoms in total. The lowest BCUT2D eigenvalue weighted by molar-refractivity contribution is 0.398. The lowest BCUT2D eigenvalue weighted by Gasteiger charge is -2.10. The second-order valence-electron chi connectivity index (χ2n) is 4.70. The number of hydrogen-bond donors (Lipinski definition) is 2. The summed E-state index contributed by atoms with van der Waals surface area (Å²) in [5.74, 6) is 0.351. The van der Waals surface area contributed by atoms with E-state index >= 15 is 0 Å². The fourth-order valence-corrected chi connectivity index (χ4v) is 2.12. The number of anilines is 1. The summed E-state index contributed by atoms with van der Waals surface area (Å²) in [7, 11) is 1.57. The molecular formula is C16H18FN3OS. The van der Waals surface area contributed by atoms with Crippen molar-refractivity contribution in [2.75, 3.05) is 19.0 Å². The Bertz CT molecular complexity index is 602. The van der Waals surface area contributed by atoms with Gasteiger partial charge in [-0.3, -0.25) is 0 Å². The molecule has 0 unspecified atom stereocenters. The van der Waals surface area contributed by atoms with Gasteiger partial charge in [-0.25, -0.2) is 9.37 Å². The maximum absolute atomic E-state index is 12.8. The van der Waals surface area contributed by atoms with E-state index in [1.807, 2.05) is 6.07 Å². The fraction of sp³-hybridized carbons (Fsp3) is 0.250. The first-order valence-corrected chi connectivity index (χ1v) is 7.37. The van der Waals surface area contributed by atoms with E-state index in [2.05, 4.69) is 15.6 Å². The van der Waals surface area contributed by atoms with Gasteiger partial charge in [0.05, 0.1) is 19.0 Å². The molecule has 0 amide bonds. The number of aryl methyl sites for hydroxylation is 1. The van der Waals surface area contributed by atoms with E-state index in [4.69, 9.17) is 17.0 Å². The van der Waals surface area contributed by atoms with Crippen molar-refractivity contribution in [1.82, 2.24) is 10.3 Å². The Hall–Kier alpha value is -2.21. The molecule has 1 heterocycles. The maximum Gasteiger partial charge on any atom is 0.213 e. The number of nitrogens with zero attached hydrogens (tertiary/aromatic N) is 1. The van der Waals surface area contributed by atoms with Crippen molar-refractivity contribution in [3.05, 3.63) is 54.0 Å². The molecule has 0 saturated carbocycles. The van der Waals surface area contributed by atoms with Crippen LogP contribution in [0.3, 0.4) is 0 Å². The minimum absolute atomic E-state index is 0.208. The molecule has 2 N–H and O–H groups in total. The summed E-state index contributed by atoms with van der Waals surface area (Å²) >= 11 is 5.21. The molecule has 116 valence electrons. The van der Waals surface area contributed by atoms with Gasteiger partial charge >= 0.3 is 0 Å². The second-order valence-corrected chi connectivity index (χ2v) is 5.11. The number of nitrogens with one attached hydrogen (secondary N) is 2. The third-order valence-corrected chi connectivity index (χ3v) is 3.29. The second kappa shape index (κ2) is 8.29. The fourth-order valence-electron chi connectivity index (χ4n) is 1.90. The van der Waals surface area contributed by atoms with Crippen LogP contribution in [0.15, 0.2) is 42.6 Å². The number of rotatable bonds is 6. The first-order chi connectivity index (χ1) is 10.7. The van der Waals surface area contributed by atoms with Crippen LogP contribution in [-0.4, -0.2) is 23.8 Å². The molecule has 22 heavy (non-hydrogen) atoms. The van der Waals surface area contributed by atoms with Crippen LogP contribution < -0.4 is 15.4 Å². The van der Waals surface area contributed by atoms with Gasteiger partial charge in [0.1, 0.15) is 5.82 Å². The number of aromatic nitrogens is 1. The van der Waals surface area contributed by atoms with Crippen molar-refractivity contribution in [2.24, 2.45) is 0 Å². The molecule has 0 aliphatic carbocycles. The van der Waals surface area contributed by atoms with Gasteiger partial charge in [0, 0.05) is 12.6 Å². The summed E-state index contributed by atoms with van der Waals surface area (Å²) in [6.07, 6.45) is 3.44.